The number of rotatable bonds is 4. The van der Waals surface area contributed by atoms with Crippen LogP contribution in [0.25, 0.3) is 0 Å². The van der Waals surface area contributed by atoms with Gasteiger partial charge in [0.2, 0.25) is 0 Å². The molecule has 1 aromatic rings. The van der Waals surface area contributed by atoms with Gasteiger partial charge in [-0.1, -0.05) is 15.9 Å². The Balaban J connectivity index is 2.58. The molecule has 104 valence electrons. The van der Waals surface area contributed by atoms with E-state index in [1.165, 1.54) is 0 Å². The molecular formula is C13H17BrN2O3. The molecule has 0 spiro atoms. The van der Waals surface area contributed by atoms with E-state index in [0.717, 1.165) is 10.0 Å². The molecule has 0 fully saturated rings. The van der Waals surface area contributed by atoms with E-state index in [1.54, 1.807) is 25.1 Å². The van der Waals surface area contributed by atoms with Crippen LogP contribution in [-0.2, 0) is 9.59 Å². The highest BCUT2D eigenvalue weighted by molar-refractivity contribution is 9.10. The average molecular weight is 329 g/mol. The Bertz CT molecular complexity index is 477. The number of hydrogen-bond acceptors (Lipinski definition) is 3. The predicted molar refractivity (Wildman–Crippen MR) is 76.8 cm³/mol. The van der Waals surface area contributed by atoms with Crippen molar-refractivity contribution >= 4 is 33.4 Å². The Kier molecular flexibility index (Phi) is 5.98. The highest BCUT2D eigenvalue weighted by Gasteiger charge is 2.16. The first kappa shape index (κ1) is 15.7. The van der Waals surface area contributed by atoms with Gasteiger partial charge in [-0.3, -0.25) is 9.59 Å². The first-order valence-electron chi connectivity index (χ1n) is 5.93. The minimum Gasteiger partial charge on any atom is -0.396 e. The quantitative estimate of drug-likeness (QED) is 0.734. The van der Waals surface area contributed by atoms with E-state index in [-0.39, 0.29) is 12.6 Å². The highest BCUT2D eigenvalue weighted by atomic mass is 79.9. The molecule has 1 rings (SSSR count). The fourth-order valence-corrected chi connectivity index (χ4v) is 1.71. The van der Waals surface area contributed by atoms with E-state index in [2.05, 4.69) is 26.6 Å². The second-order valence-electron chi connectivity index (χ2n) is 4.30. The lowest BCUT2D eigenvalue weighted by molar-refractivity contribution is -0.136. The number of aliphatic hydroxyl groups is 1. The molecule has 0 saturated carbocycles. The number of amides is 2. The van der Waals surface area contributed by atoms with E-state index in [0.29, 0.717) is 12.1 Å². The lowest BCUT2D eigenvalue weighted by Crippen LogP contribution is -2.40. The summed E-state index contributed by atoms with van der Waals surface area (Å²) in [5, 5.41) is 13.8. The van der Waals surface area contributed by atoms with Crippen molar-refractivity contribution in [2.75, 3.05) is 11.9 Å². The number of carbonyl (C=O) groups is 2. The third kappa shape index (κ3) is 5.00. The normalized spacial score (nSPS) is 11.8. The number of aliphatic hydroxyl groups excluding tert-OH is 1. The lowest BCUT2D eigenvalue weighted by atomic mass is 10.2. The van der Waals surface area contributed by atoms with E-state index < -0.39 is 11.8 Å². The standard InChI is InChI=1S/C13H17BrN2O3/c1-8-7-10(3-4-11(8)14)16-13(19)12(18)15-9(2)5-6-17/h3-4,7,9,17H,5-6H2,1-2H3,(H,15,18)(H,16,19)/t9-/m1/s1. The lowest BCUT2D eigenvalue weighted by Gasteiger charge is -2.12. The summed E-state index contributed by atoms with van der Waals surface area (Å²) in [6, 6.07) is 5.04. The largest absolute Gasteiger partial charge is 0.396 e. The molecule has 0 heterocycles. The molecule has 0 bridgehead atoms. The maximum Gasteiger partial charge on any atom is 0.313 e. The first-order chi connectivity index (χ1) is 8.93. The highest BCUT2D eigenvalue weighted by Crippen LogP contribution is 2.19. The van der Waals surface area contributed by atoms with Gasteiger partial charge < -0.3 is 15.7 Å². The number of benzene rings is 1. The minimum absolute atomic E-state index is 0.0328. The van der Waals surface area contributed by atoms with E-state index >= 15 is 0 Å². The van der Waals surface area contributed by atoms with Crippen LogP contribution in [0.1, 0.15) is 18.9 Å². The van der Waals surface area contributed by atoms with Crippen LogP contribution in [0.2, 0.25) is 0 Å². The number of carbonyl (C=O) groups excluding carboxylic acids is 2. The van der Waals surface area contributed by atoms with Gasteiger partial charge in [-0.15, -0.1) is 0 Å². The van der Waals surface area contributed by atoms with Gasteiger partial charge in [-0.25, -0.2) is 0 Å². The Hall–Kier alpha value is -1.40. The summed E-state index contributed by atoms with van der Waals surface area (Å²) in [5.41, 5.74) is 1.53. The summed E-state index contributed by atoms with van der Waals surface area (Å²) in [6.45, 7) is 3.59. The number of aryl methyl sites for hydroxylation is 1. The van der Waals surface area contributed by atoms with Crippen molar-refractivity contribution in [3.8, 4) is 0 Å². The van der Waals surface area contributed by atoms with Gasteiger partial charge in [0, 0.05) is 22.8 Å². The van der Waals surface area contributed by atoms with E-state index in [4.69, 9.17) is 5.11 Å². The van der Waals surface area contributed by atoms with Gasteiger partial charge in [-0.05, 0) is 44.0 Å². The van der Waals surface area contributed by atoms with Crippen molar-refractivity contribution in [3.63, 3.8) is 0 Å². The molecule has 19 heavy (non-hydrogen) atoms. The summed E-state index contributed by atoms with van der Waals surface area (Å²) in [7, 11) is 0. The van der Waals surface area contributed by atoms with Crippen LogP contribution in [-0.4, -0.2) is 29.6 Å². The molecule has 0 radical (unpaired) electrons. The van der Waals surface area contributed by atoms with E-state index in [9.17, 15) is 9.59 Å². The maximum absolute atomic E-state index is 11.7. The molecule has 1 aromatic carbocycles. The molecule has 0 aliphatic rings. The van der Waals surface area contributed by atoms with Crippen molar-refractivity contribution in [3.05, 3.63) is 28.2 Å². The fraction of sp³-hybridized carbons (Fsp3) is 0.385. The third-order valence-corrected chi connectivity index (χ3v) is 3.45. The molecule has 0 aliphatic heterocycles. The Morgan fingerprint density at radius 1 is 1.37 bits per heavy atom. The van der Waals surface area contributed by atoms with Crippen molar-refractivity contribution in [1.29, 1.82) is 0 Å². The Morgan fingerprint density at radius 3 is 2.63 bits per heavy atom. The Labute approximate surface area is 120 Å². The fourth-order valence-electron chi connectivity index (χ4n) is 1.47. The summed E-state index contributed by atoms with van der Waals surface area (Å²) in [4.78, 5) is 23.2. The van der Waals surface area contributed by atoms with E-state index in [1.807, 2.05) is 6.92 Å². The van der Waals surface area contributed by atoms with Crippen LogP contribution in [0.3, 0.4) is 0 Å². The number of halogens is 1. The zero-order valence-electron chi connectivity index (χ0n) is 10.9. The minimum atomic E-state index is -0.716. The van der Waals surface area contributed by atoms with Gasteiger partial charge in [0.1, 0.15) is 0 Å². The van der Waals surface area contributed by atoms with Crippen molar-refractivity contribution in [2.45, 2.75) is 26.3 Å². The third-order valence-electron chi connectivity index (χ3n) is 2.56. The summed E-state index contributed by atoms with van der Waals surface area (Å²) in [6.07, 6.45) is 0.413. The predicted octanol–water partition coefficient (Wildman–Crippen LogP) is 1.58. The summed E-state index contributed by atoms with van der Waals surface area (Å²) >= 11 is 3.36. The molecule has 0 aliphatic carbocycles. The van der Waals surface area contributed by atoms with Crippen LogP contribution < -0.4 is 10.6 Å². The van der Waals surface area contributed by atoms with Crippen molar-refractivity contribution in [2.24, 2.45) is 0 Å². The Morgan fingerprint density at radius 2 is 2.05 bits per heavy atom. The van der Waals surface area contributed by atoms with Crippen molar-refractivity contribution in [1.82, 2.24) is 5.32 Å². The number of anilines is 1. The van der Waals surface area contributed by atoms with Gasteiger partial charge in [-0.2, -0.15) is 0 Å². The second-order valence-corrected chi connectivity index (χ2v) is 5.16. The van der Waals surface area contributed by atoms with Crippen LogP contribution in [0.4, 0.5) is 5.69 Å². The van der Waals surface area contributed by atoms with Gasteiger partial charge in [0.15, 0.2) is 0 Å². The molecular weight excluding hydrogens is 312 g/mol. The zero-order valence-corrected chi connectivity index (χ0v) is 12.5. The molecule has 2 amide bonds. The monoisotopic (exact) mass is 328 g/mol. The van der Waals surface area contributed by atoms with Gasteiger partial charge in [0.05, 0.1) is 0 Å². The zero-order chi connectivity index (χ0) is 14.4. The van der Waals surface area contributed by atoms with Crippen LogP contribution in [0.15, 0.2) is 22.7 Å². The molecule has 3 N–H and O–H groups in total. The average Bonchev–Trinajstić information content (AvgIpc) is 2.34. The van der Waals surface area contributed by atoms with Crippen LogP contribution >= 0.6 is 15.9 Å². The smallest absolute Gasteiger partial charge is 0.313 e. The molecule has 0 aromatic heterocycles. The molecule has 1 atom stereocenters. The number of hydrogen-bond donors (Lipinski definition) is 3. The summed E-state index contributed by atoms with van der Waals surface area (Å²) in [5.74, 6) is -1.42. The summed E-state index contributed by atoms with van der Waals surface area (Å²) < 4.78 is 0.937. The second kappa shape index (κ2) is 7.25. The van der Waals surface area contributed by atoms with Crippen molar-refractivity contribution < 1.29 is 14.7 Å². The van der Waals surface area contributed by atoms with Gasteiger partial charge >= 0.3 is 11.8 Å². The molecule has 5 nitrogen and oxygen atoms in total. The van der Waals surface area contributed by atoms with Crippen LogP contribution in [0.5, 0.6) is 0 Å². The topological polar surface area (TPSA) is 78.4 Å². The van der Waals surface area contributed by atoms with Gasteiger partial charge in [0.25, 0.3) is 0 Å². The molecule has 0 saturated heterocycles. The molecule has 6 heteroatoms. The maximum atomic E-state index is 11.7. The SMILES string of the molecule is Cc1cc(NC(=O)C(=O)N[C@H](C)CCO)ccc1Br. The number of nitrogens with one attached hydrogen (secondary N) is 2. The first-order valence-corrected chi connectivity index (χ1v) is 6.72. The van der Waals surface area contributed by atoms with Crippen LogP contribution in [0, 0.1) is 6.92 Å². The molecule has 0 unspecified atom stereocenters.